The van der Waals surface area contributed by atoms with Gasteiger partial charge < -0.3 is 9.47 Å². The van der Waals surface area contributed by atoms with E-state index in [0.29, 0.717) is 5.56 Å². The summed E-state index contributed by atoms with van der Waals surface area (Å²) < 4.78 is 14.1. The van der Waals surface area contributed by atoms with Crippen molar-refractivity contribution < 1.29 is 19.1 Å². The number of carbonyl (C=O) groups excluding carboxylic acids is 2. The van der Waals surface area contributed by atoms with Crippen LogP contribution in [-0.2, 0) is 20.7 Å². The Bertz CT molecular complexity index is 1540. The highest BCUT2D eigenvalue weighted by molar-refractivity contribution is 5.97. The maximum absolute atomic E-state index is 13.4. The van der Waals surface area contributed by atoms with E-state index in [0.717, 1.165) is 71.4 Å². The molecule has 1 fully saturated rings. The number of hydrogen-bond acceptors (Lipinski definition) is 5. The van der Waals surface area contributed by atoms with Crippen molar-refractivity contribution in [1.29, 1.82) is 0 Å². The van der Waals surface area contributed by atoms with Crippen LogP contribution < -0.4 is 0 Å². The molecule has 0 unspecified atom stereocenters. The monoisotopic (exact) mass is 552 g/mol. The van der Waals surface area contributed by atoms with Crippen molar-refractivity contribution in [2.45, 2.75) is 84.8 Å². The SMILES string of the molecule is CCc1cn2c([C@H](OC(=O)C3CCCCC3)c3ccc(-c4ccccc4C(=O)OC(C)(C)C)cc3)ccc(C)c2n1. The maximum atomic E-state index is 13.4. The normalized spacial score (nSPS) is 15.0. The predicted molar refractivity (Wildman–Crippen MR) is 161 cm³/mol. The number of imidazole rings is 1. The quantitative estimate of drug-likeness (QED) is 0.217. The number of esters is 2. The summed E-state index contributed by atoms with van der Waals surface area (Å²) >= 11 is 0. The molecular weight excluding hydrogens is 512 g/mol. The van der Waals surface area contributed by atoms with Crippen LogP contribution in [0.1, 0.15) is 98.8 Å². The number of benzene rings is 2. The van der Waals surface area contributed by atoms with E-state index < -0.39 is 11.7 Å². The first kappa shape index (κ1) is 28.6. The summed E-state index contributed by atoms with van der Waals surface area (Å²) in [6, 6.07) is 19.5. The number of fused-ring (bicyclic) bond motifs is 1. The van der Waals surface area contributed by atoms with E-state index in [1.165, 1.54) is 6.42 Å². The van der Waals surface area contributed by atoms with Crippen LogP contribution >= 0.6 is 0 Å². The number of hydrogen-bond donors (Lipinski definition) is 0. The topological polar surface area (TPSA) is 69.9 Å². The van der Waals surface area contributed by atoms with Gasteiger partial charge in [-0.3, -0.25) is 9.20 Å². The average molecular weight is 553 g/mol. The first-order valence-electron chi connectivity index (χ1n) is 14.8. The molecule has 2 heterocycles. The summed E-state index contributed by atoms with van der Waals surface area (Å²) in [5.41, 5.74) is 6.28. The molecule has 0 spiro atoms. The van der Waals surface area contributed by atoms with Crippen molar-refractivity contribution in [1.82, 2.24) is 9.38 Å². The Labute approximate surface area is 242 Å². The van der Waals surface area contributed by atoms with Crippen molar-refractivity contribution in [2.24, 2.45) is 5.92 Å². The largest absolute Gasteiger partial charge is 0.456 e. The minimum atomic E-state index is -0.596. The molecule has 1 aliphatic carbocycles. The molecule has 4 aromatic rings. The van der Waals surface area contributed by atoms with Gasteiger partial charge in [-0.2, -0.15) is 0 Å². The lowest BCUT2D eigenvalue weighted by atomic mass is 9.89. The number of rotatable bonds is 7. The molecule has 0 N–H and O–H groups in total. The molecule has 41 heavy (non-hydrogen) atoms. The zero-order valence-corrected chi connectivity index (χ0v) is 24.8. The standard InChI is InChI=1S/C35H40N2O4/c1-6-27-22-37-30(21-16-23(2)32(37)36-27)31(40-33(38)26-12-8-7-9-13-26)25-19-17-24(18-20-25)28-14-10-11-15-29(28)34(39)41-35(3,4)5/h10-11,14-22,26,31H,6-9,12-13H2,1-5H3/t31-/m1/s1. The van der Waals surface area contributed by atoms with Crippen LogP contribution in [0.4, 0.5) is 0 Å². The van der Waals surface area contributed by atoms with Crippen LogP contribution in [0.15, 0.2) is 66.9 Å². The molecule has 0 saturated heterocycles. The van der Waals surface area contributed by atoms with Crippen molar-refractivity contribution in [3.05, 3.63) is 94.9 Å². The second-order valence-corrected chi connectivity index (χ2v) is 12.0. The second kappa shape index (κ2) is 11.9. The number of ether oxygens (including phenoxy) is 2. The molecule has 214 valence electrons. The highest BCUT2D eigenvalue weighted by Gasteiger charge is 2.29. The molecule has 6 heteroatoms. The van der Waals surface area contributed by atoms with E-state index in [1.54, 1.807) is 6.07 Å². The van der Waals surface area contributed by atoms with E-state index in [4.69, 9.17) is 14.5 Å². The molecule has 1 aliphatic rings. The maximum Gasteiger partial charge on any atom is 0.339 e. The Kier molecular flexibility index (Phi) is 8.30. The lowest BCUT2D eigenvalue weighted by Gasteiger charge is -2.25. The third kappa shape index (κ3) is 6.37. The van der Waals surface area contributed by atoms with Gasteiger partial charge in [-0.15, -0.1) is 0 Å². The van der Waals surface area contributed by atoms with Crippen LogP contribution in [-0.4, -0.2) is 26.9 Å². The molecule has 0 bridgehead atoms. The van der Waals surface area contributed by atoms with Gasteiger partial charge in [0.2, 0.25) is 0 Å². The number of pyridine rings is 1. The van der Waals surface area contributed by atoms with E-state index >= 15 is 0 Å². The Morgan fingerprint density at radius 2 is 1.68 bits per heavy atom. The van der Waals surface area contributed by atoms with Gasteiger partial charge in [0.1, 0.15) is 11.2 Å². The molecule has 0 amide bonds. The molecule has 0 aliphatic heterocycles. The summed E-state index contributed by atoms with van der Waals surface area (Å²) in [7, 11) is 0. The number of carbonyl (C=O) groups is 2. The molecule has 2 aromatic heterocycles. The molecule has 6 nitrogen and oxygen atoms in total. The van der Waals surface area contributed by atoms with E-state index in [1.807, 2.05) is 88.5 Å². The van der Waals surface area contributed by atoms with Gasteiger partial charge in [-0.05, 0) is 81.3 Å². The lowest BCUT2D eigenvalue weighted by molar-refractivity contribution is -0.153. The fourth-order valence-electron chi connectivity index (χ4n) is 5.59. The number of aromatic nitrogens is 2. The Hall–Kier alpha value is -3.93. The average Bonchev–Trinajstić information content (AvgIpc) is 3.42. The molecule has 2 aromatic carbocycles. The Balaban J connectivity index is 1.53. The molecule has 1 saturated carbocycles. The summed E-state index contributed by atoms with van der Waals surface area (Å²) in [5, 5.41) is 0. The fraction of sp³-hybridized carbons (Fsp3) is 0.400. The van der Waals surface area contributed by atoms with Gasteiger partial charge in [-0.1, -0.05) is 74.7 Å². The first-order valence-corrected chi connectivity index (χ1v) is 14.8. The Morgan fingerprint density at radius 3 is 2.37 bits per heavy atom. The summed E-state index contributed by atoms with van der Waals surface area (Å²) in [6.07, 6.45) is 7.32. The molecule has 0 radical (unpaired) electrons. The number of aryl methyl sites for hydroxylation is 2. The summed E-state index contributed by atoms with van der Waals surface area (Å²) in [5.74, 6) is -0.565. The van der Waals surface area contributed by atoms with Crippen LogP contribution in [0, 0.1) is 12.8 Å². The smallest absolute Gasteiger partial charge is 0.339 e. The highest BCUT2D eigenvalue weighted by Crippen LogP contribution is 2.34. The van der Waals surface area contributed by atoms with Crippen LogP contribution in [0.5, 0.6) is 0 Å². The van der Waals surface area contributed by atoms with Crippen molar-refractivity contribution in [3.8, 4) is 11.1 Å². The zero-order valence-electron chi connectivity index (χ0n) is 24.8. The van der Waals surface area contributed by atoms with Gasteiger partial charge >= 0.3 is 11.9 Å². The van der Waals surface area contributed by atoms with E-state index in [-0.39, 0.29) is 17.9 Å². The van der Waals surface area contributed by atoms with Crippen molar-refractivity contribution in [2.75, 3.05) is 0 Å². The third-order valence-electron chi connectivity index (χ3n) is 7.76. The minimum Gasteiger partial charge on any atom is -0.456 e. The van der Waals surface area contributed by atoms with E-state index in [9.17, 15) is 9.59 Å². The molecule has 5 rings (SSSR count). The van der Waals surface area contributed by atoms with Gasteiger partial charge in [0.25, 0.3) is 0 Å². The Morgan fingerprint density at radius 1 is 0.976 bits per heavy atom. The van der Waals surface area contributed by atoms with Crippen LogP contribution in [0.25, 0.3) is 16.8 Å². The lowest BCUT2D eigenvalue weighted by Crippen LogP contribution is -2.24. The first-order chi connectivity index (χ1) is 19.6. The molecular formula is C35H40N2O4. The molecule has 1 atom stereocenters. The van der Waals surface area contributed by atoms with Gasteiger partial charge in [0.05, 0.1) is 22.9 Å². The predicted octanol–water partition coefficient (Wildman–Crippen LogP) is 8.04. The third-order valence-corrected chi connectivity index (χ3v) is 7.76. The van der Waals surface area contributed by atoms with Crippen molar-refractivity contribution >= 4 is 17.6 Å². The van der Waals surface area contributed by atoms with Crippen LogP contribution in [0.2, 0.25) is 0 Å². The minimum absolute atomic E-state index is 0.0684. The summed E-state index contributed by atoms with van der Waals surface area (Å²) in [6.45, 7) is 9.73. The number of nitrogens with zero attached hydrogens (tertiary/aromatic N) is 2. The van der Waals surface area contributed by atoms with Crippen molar-refractivity contribution in [3.63, 3.8) is 0 Å². The van der Waals surface area contributed by atoms with Crippen LogP contribution in [0.3, 0.4) is 0 Å². The second-order valence-electron chi connectivity index (χ2n) is 12.0. The highest BCUT2D eigenvalue weighted by atomic mass is 16.6. The van der Waals surface area contributed by atoms with Gasteiger partial charge in [0, 0.05) is 6.20 Å². The van der Waals surface area contributed by atoms with Gasteiger partial charge in [0.15, 0.2) is 6.10 Å². The van der Waals surface area contributed by atoms with E-state index in [2.05, 4.69) is 11.3 Å². The zero-order chi connectivity index (χ0) is 29.1. The fourth-order valence-corrected chi connectivity index (χ4v) is 5.59. The summed E-state index contributed by atoms with van der Waals surface area (Å²) in [4.78, 5) is 31.2. The van der Waals surface area contributed by atoms with Gasteiger partial charge in [-0.25, -0.2) is 9.78 Å².